The highest BCUT2D eigenvalue weighted by Gasteiger charge is 2.47. The highest BCUT2D eigenvalue weighted by molar-refractivity contribution is 6.51. The molecule has 0 saturated carbocycles. The lowest BCUT2D eigenvalue weighted by atomic mass is 9.94. The summed E-state index contributed by atoms with van der Waals surface area (Å²) in [7, 11) is 3.07. The Labute approximate surface area is 199 Å². The van der Waals surface area contributed by atoms with Gasteiger partial charge < -0.3 is 14.6 Å². The van der Waals surface area contributed by atoms with E-state index in [9.17, 15) is 14.7 Å². The van der Waals surface area contributed by atoms with Crippen molar-refractivity contribution >= 4 is 23.1 Å². The molecule has 1 fully saturated rings. The van der Waals surface area contributed by atoms with Gasteiger partial charge in [0.25, 0.3) is 11.7 Å². The van der Waals surface area contributed by atoms with E-state index in [2.05, 4.69) is 0 Å². The zero-order valence-electron chi connectivity index (χ0n) is 19.9. The summed E-state index contributed by atoms with van der Waals surface area (Å²) < 4.78 is 10.7. The molecule has 3 aromatic rings. The summed E-state index contributed by atoms with van der Waals surface area (Å²) in [5, 5.41) is 11.4. The number of nitrogens with zero attached hydrogens (tertiary/aromatic N) is 1. The number of carbonyl (C=O) groups excluding carboxylic acids is 2. The molecule has 174 valence electrons. The van der Waals surface area contributed by atoms with Crippen LogP contribution in [0, 0.1) is 20.8 Å². The van der Waals surface area contributed by atoms with Gasteiger partial charge in [-0.15, -0.1) is 0 Å². The molecule has 0 aliphatic carbocycles. The van der Waals surface area contributed by atoms with Crippen molar-refractivity contribution in [3.05, 3.63) is 94.1 Å². The second-order valence-electron chi connectivity index (χ2n) is 8.44. The molecule has 6 nitrogen and oxygen atoms in total. The number of methoxy groups -OCH3 is 2. The van der Waals surface area contributed by atoms with Crippen molar-refractivity contribution in [2.24, 2.45) is 0 Å². The number of benzene rings is 3. The van der Waals surface area contributed by atoms with Gasteiger partial charge in [-0.3, -0.25) is 14.5 Å². The number of amides is 1. The number of ketones is 1. The molecule has 0 radical (unpaired) electrons. The van der Waals surface area contributed by atoms with Crippen molar-refractivity contribution in [3.8, 4) is 11.5 Å². The number of aliphatic hydroxyl groups excluding tert-OH is 1. The van der Waals surface area contributed by atoms with E-state index in [0.29, 0.717) is 28.3 Å². The van der Waals surface area contributed by atoms with Crippen LogP contribution in [0.15, 0.2) is 66.2 Å². The third-order valence-electron chi connectivity index (χ3n) is 6.11. The van der Waals surface area contributed by atoms with Crippen LogP contribution in [-0.2, 0) is 9.59 Å². The highest BCUT2D eigenvalue weighted by Crippen LogP contribution is 2.44. The van der Waals surface area contributed by atoms with Crippen LogP contribution in [0.4, 0.5) is 5.69 Å². The summed E-state index contributed by atoms with van der Waals surface area (Å²) in [6.07, 6.45) is 0. The van der Waals surface area contributed by atoms with Crippen LogP contribution in [0.3, 0.4) is 0 Å². The van der Waals surface area contributed by atoms with Crippen LogP contribution in [0.5, 0.6) is 11.5 Å². The lowest BCUT2D eigenvalue weighted by Gasteiger charge is -2.27. The van der Waals surface area contributed by atoms with Crippen LogP contribution in [-0.4, -0.2) is 31.0 Å². The largest absolute Gasteiger partial charge is 0.507 e. The van der Waals surface area contributed by atoms with Crippen molar-refractivity contribution in [1.29, 1.82) is 0 Å². The van der Waals surface area contributed by atoms with Crippen molar-refractivity contribution < 1.29 is 24.2 Å². The Balaban J connectivity index is 2.01. The van der Waals surface area contributed by atoms with E-state index >= 15 is 0 Å². The van der Waals surface area contributed by atoms with E-state index < -0.39 is 17.7 Å². The SMILES string of the molecule is COc1ccc(C2/C(=C(\O)c3cc(C)ccc3OC)C(=O)C(=O)N2c2cc(C)ccc2C)cc1. The van der Waals surface area contributed by atoms with E-state index in [-0.39, 0.29) is 11.3 Å². The molecule has 3 aromatic carbocycles. The number of anilines is 1. The van der Waals surface area contributed by atoms with E-state index in [4.69, 9.17) is 9.47 Å². The van der Waals surface area contributed by atoms with Gasteiger partial charge in [0.1, 0.15) is 17.3 Å². The summed E-state index contributed by atoms with van der Waals surface area (Å²) in [5.41, 5.74) is 4.36. The average Bonchev–Trinajstić information content (AvgIpc) is 3.10. The maximum atomic E-state index is 13.4. The molecule has 4 rings (SSSR count). The minimum Gasteiger partial charge on any atom is -0.507 e. The summed E-state index contributed by atoms with van der Waals surface area (Å²) in [4.78, 5) is 28.3. The van der Waals surface area contributed by atoms with Crippen LogP contribution in [0.2, 0.25) is 0 Å². The zero-order chi connectivity index (χ0) is 24.6. The van der Waals surface area contributed by atoms with Gasteiger partial charge in [-0.1, -0.05) is 35.9 Å². The molecular formula is C28H27NO5. The summed E-state index contributed by atoms with van der Waals surface area (Å²) in [6.45, 7) is 5.70. The molecule has 1 amide bonds. The van der Waals surface area contributed by atoms with Gasteiger partial charge in [-0.2, -0.15) is 0 Å². The maximum absolute atomic E-state index is 13.4. The second kappa shape index (κ2) is 9.06. The summed E-state index contributed by atoms with van der Waals surface area (Å²) >= 11 is 0. The molecule has 0 aromatic heterocycles. The Morgan fingerprint density at radius 3 is 2.15 bits per heavy atom. The Morgan fingerprint density at radius 2 is 1.50 bits per heavy atom. The molecule has 0 spiro atoms. The minimum atomic E-state index is -0.823. The van der Waals surface area contributed by atoms with Gasteiger partial charge in [0, 0.05) is 5.69 Å². The first-order chi connectivity index (χ1) is 16.3. The number of aryl methyl sites for hydroxylation is 3. The van der Waals surface area contributed by atoms with Gasteiger partial charge >= 0.3 is 0 Å². The first-order valence-corrected chi connectivity index (χ1v) is 10.9. The molecule has 34 heavy (non-hydrogen) atoms. The predicted octanol–water partition coefficient (Wildman–Crippen LogP) is 5.26. The smallest absolute Gasteiger partial charge is 0.300 e. The Kier molecular flexibility index (Phi) is 6.16. The fourth-order valence-corrected chi connectivity index (χ4v) is 4.31. The summed E-state index contributed by atoms with van der Waals surface area (Å²) in [6, 6.07) is 17.4. The third-order valence-corrected chi connectivity index (χ3v) is 6.11. The lowest BCUT2D eigenvalue weighted by Crippen LogP contribution is -2.30. The average molecular weight is 458 g/mol. The Hall–Kier alpha value is -4.06. The topological polar surface area (TPSA) is 76.1 Å². The van der Waals surface area contributed by atoms with Gasteiger partial charge in [-0.25, -0.2) is 0 Å². The van der Waals surface area contributed by atoms with E-state index in [1.54, 1.807) is 43.5 Å². The molecule has 0 bridgehead atoms. The van der Waals surface area contributed by atoms with Crippen molar-refractivity contribution in [3.63, 3.8) is 0 Å². The van der Waals surface area contributed by atoms with Crippen LogP contribution >= 0.6 is 0 Å². The monoisotopic (exact) mass is 457 g/mol. The first-order valence-electron chi connectivity index (χ1n) is 10.9. The van der Waals surface area contributed by atoms with Gasteiger partial charge in [0.2, 0.25) is 0 Å². The molecule has 1 N–H and O–H groups in total. The van der Waals surface area contributed by atoms with E-state index in [0.717, 1.165) is 16.7 Å². The molecule has 6 heteroatoms. The number of ether oxygens (including phenoxy) is 2. The number of Topliss-reactive ketones (excluding diaryl/α,β-unsaturated/α-hetero) is 1. The molecule has 1 unspecified atom stereocenters. The van der Waals surface area contributed by atoms with Crippen LogP contribution < -0.4 is 14.4 Å². The quantitative estimate of drug-likeness (QED) is 0.322. The molecule has 1 saturated heterocycles. The van der Waals surface area contributed by atoms with Gasteiger partial charge in [0.05, 0.1) is 31.4 Å². The van der Waals surface area contributed by atoms with Crippen LogP contribution in [0.1, 0.15) is 33.9 Å². The second-order valence-corrected chi connectivity index (χ2v) is 8.44. The number of rotatable bonds is 5. The molecule has 1 heterocycles. The highest BCUT2D eigenvalue weighted by atomic mass is 16.5. The molecule has 1 aliphatic heterocycles. The standard InChI is InChI=1S/C28H27NO5/c1-16-7-13-23(34-5)21(14-16)26(30)24-25(19-9-11-20(33-4)12-10-19)29(28(32)27(24)31)22-15-17(2)6-8-18(22)3/h6-15,25,30H,1-5H3/b26-24+. The van der Waals surface area contributed by atoms with Crippen LogP contribution in [0.25, 0.3) is 5.76 Å². The normalized spacial score (nSPS) is 17.2. The van der Waals surface area contributed by atoms with Gasteiger partial charge in [0.15, 0.2) is 0 Å². The fraction of sp³-hybridized carbons (Fsp3) is 0.214. The van der Waals surface area contributed by atoms with Crippen molar-refractivity contribution in [2.45, 2.75) is 26.8 Å². The predicted molar refractivity (Wildman–Crippen MR) is 131 cm³/mol. The first kappa shape index (κ1) is 23.1. The van der Waals surface area contributed by atoms with Crippen molar-refractivity contribution in [2.75, 3.05) is 19.1 Å². The Morgan fingerprint density at radius 1 is 0.853 bits per heavy atom. The Bertz CT molecular complexity index is 1310. The molecule has 1 atom stereocenters. The maximum Gasteiger partial charge on any atom is 0.300 e. The lowest BCUT2D eigenvalue weighted by molar-refractivity contribution is -0.132. The van der Waals surface area contributed by atoms with E-state index in [1.807, 2.05) is 45.0 Å². The fourth-order valence-electron chi connectivity index (χ4n) is 4.31. The third kappa shape index (κ3) is 3.92. The number of hydrogen-bond acceptors (Lipinski definition) is 5. The summed E-state index contributed by atoms with van der Waals surface area (Å²) in [5.74, 6) is -0.652. The number of carbonyl (C=O) groups is 2. The molecule has 1 aliphatic rings. The minimum absolute atomic E-state index is 0.0139. The van der Waals surface area contributed by atoms with E-state index in [1.165, 1.54) is 12.0 Å². The van der Waals surface area contributed by atoms with Crippen molar-refractivity contribution in [1.82, 2.24) is 0 Å². The molecular weight excluding hydrogens is 430 g/mol. The zero-order valence-corrected chi connectivity index (χ0v) is 19.9. The van der Waals surface area contributed by atoms with Gasteiger partial charge in [-0.05, 0) is 67.8 Å². The number of aliphatic hydroxyl groups is 1. The number of hydrogen-bond donors (Lipinski definition) is 1.